The summed E-state index contributed by atoms with van der Waals surface area (Å²) in [7, 11) is 0. The van der Waals surface area contributed by atoms with Gasteiger partial charge >= 0.3 is 0 Å². The van der Waals surface area contributed by atoms with Crippen molar-refractivity contribution in [2.75, 3.05) is 13.2 Å². The molecule has 0 bridgehead atoms. The molecule has 2 aromatic rings. The predicted molar refractivity (Wildman–Crippen MR) is 99.2 cm³/mol. The van der Waals surface area contributed by atoms with Gasteiger partial charge in [0.15, 0.2) is 29.2 Å². The molecule has 2 aromatic carbocycles. The first kappa shape index (κ1) is 19.2. The van der Waals surface area contributed by atoms with Crippen LogP contribution in [-0.4, -0.2) is 31.1 Å². The number of hydrazine groups is 1. The number of nitrogens with one attached hydrogen (secondary N) is 2. The van der Waals surface area contributed by atoms with Crippen molar-refractivity contribution >= 4 is 17.9 Å². The number of ether oxygens (including phenoxy) is 3. The summed E-state index contributed by atoms with van der Waals surface area (Å²) in [5.74, 6) is -0.514. The van der Waals surface area contributed by atoms with E-state index >= 15 is 0 Å². The first-order valence-corrected chi connectivity index (χ1v) is 8.61. The van der Waals surface area contributed by atoms with Gasteiger partial charge < -0.3 is 14.2 Å². The maximum atomic E-state index is 13.5. The van der Waals surface area contributed by atoms with Gasteiger partial charge in [-0.3, -0.25) is 20.4 Å². The third-order valence-corrected chi connectivity index (χ3v) is 3.81. The number of halogens is 1. The van der Waals surface area contributed by atoms with E-state index in [1.165, 1.54) is 31.2 Å². The summed E-state index contributed by atoms with van der Waals surface area (Å²) in [4.78, 5) is 23.8. The van der Waals surface area contributed by atoms with Crippen LogP contribution in [0.15, 0.2) is 48.5 Å². The summed E-state index contributed by atoms with van der Waals surface area (Å²) in [5.41, 5.74) is 5.21. The third-order valence-electron chi connectivity index (χ3n) is 3.81. The van der Waals surface area contributed by atoms with Crippen LogP contribution in [0.25, 0.3) is 6.08 Å². The van der Waals surface area contributed by atoms with Crippen LogP contribution < -0.4 is 25.1 Å². The Hall–Kier alpha value is -3.55. The monoisotopic (exact) mass is 386 g/mol. The van der Waals surface area contributed by atoms with Crippen LogP contribution in [-0.2, 0) is 9.59 Å². The third kappa shape index (κ3) is 5.00. The Morgan fingerprint density at radius 3 is 2.64 bits per heavy atom. The number of benzene rings is 2. The Labute approximate surface area is 161 Å². The van der Waals surface area contributed by atoms with Crippen molar-refractivity contribution in [3.05, 3.63) is 59.9 Å². The highest BCUT2D eigenvalue weighted by Crippen LogP contribution is 2.31. The molecule has 0 aliphatic carbocycles. The molecule has 1 atom stereocenters. The van der Waals surface area contributed by atoms with E-state index in [0.717, 1.165) is 5.56 Å². The molecule has 1 aliphatic rings. The van der Waals surface area contributed by atoms with Crippen molar-refractivity contribution in [1.29, 1.82) is 0 Å². The molecule has 0 saturated carbocycles. The first-order valence-electron chi connectivity index (χ1n) is 8.61. The van der Waals surface area contributed by atoms with E-state index in [1.807, 2.05) is 0 Å². The number of amides is 2. The van der Waals surface area contributed by atoms with Gasteiger partial charge in [-0.15, -0.1) is 0 Å². The number of carbonyl (C=O) groups excluding carboxylic acids is 2. The van der Waals surface area contributed by atoms with E-state index in [2.05, 4.69) is 10.9 Å². The van der Waals surface area contributed by atoms with Crippen molar-refractivity contribution < 1.29 is 28.2 Å². The van der Waals surface area contributed by atoms with E-state index in [1.54, 1.807) is 30.3 Å². The maximum Gasteiger partial charge on any atom is 0.279 e. The second kappa shape index (κ2) is 8.90. The molecule has 1 aliphatic heterocycles. The van der Waals surface area contributed by atoms with Crippen LogP contribution in [0, 0.1) is 5.82 Å². The van der Waals surface area contributed by atoms with Gasteiger partial charge in [-0.05, 0) is 42.8 Å². The minimum Gasteiger partial charge on any atom is -0.486 e. The number of rotatable bonds is 5. The molecule has 8 heteroatoms. The summed E-state index contributed by atoms with van der Waals surface area (Å²) in [5, 5.41) is 0. The van der Waals surface area contributed by atoms with E-state index < -0.39 is 23.7 Å². The standard InChI is InChI=1S/C20H19FN2O5/c1-13(28-16-5-3-2-4-15(16)21)20(25)23-22-19(24)9-7-14-6-8-17-18(12-14)27-11-10-26-17/h2-9,12-13H,10-11H2,1H3,(H,22,24)(H,23,25)/b9-7+/t13-/m1/s1. The van der Waals surface area contributed by atoms with Crippen molar-refractivity contribution in [3.63, 3.8) is 0 Å². The van der Waals surface area contributed by atoms with Gasteiger partial charge in [0.2, 0.25) is 0 Å². The highest BCUT2D eigenvalue weighted by atomic mass is 19.1. The lowest BCUT2D eigenvalue weighted by Gasteiger charge is -2.18. The molecule has 2 amide bonds. The molecule has 3 rings (SSSR count). The largest absolute Gasteiger partial charge is 0.486 e. The topological polar surface area (TPSA) is 85.9 Å². The fourth-order valence-electron chi connectivity index (χ4n) is 2.39. The summed E-state index contributed by atoms with van der Waals surface area (Å²) >= 11 is 0. The zero-order valence-corrected chi connectivity index (χ0v) is 15.1. The molecule has 0 unspecified atom stereocenters. The van der Waals surface area contributed by atoms with Gasteiger partial charge in [0.1, 0.15) is 13.2 Å². The van der Waals surface area contributed by atoms with Crippen LogP contribution in [0.3, 0.4) is 0 Å². The lowest BCUT2D eigenvalue weighted by molar-refractivity contribution is -0.131. The number of carbonyl (C=O) groups is 2. The molecule has 0 spiro atoms. The SMILES string of the molecule is C[C@@H](Oc1ccccc1F)C(=O)NNC(=O)/C=C/c1ccc2c(c1)OCCO2. The summed E-state index contributed by atoms with van der Waals surface area (Å²) in [6.07, 6.45) is 1.83. The zero-order valence-electron chi connectivity index (χ0n) is 15.1. The molecule has 2 N–H and O–H groups in total. The van der Waals surface area contributed by atoms with Crippen LogP contribution in [0.4, 0.5) is 4.39 Å². The molecular weight excluding hydrogens is 367 g/mol. The fourth-order valence-corrected chi connectivity index (χ4v) is 2.39. The van der Waals surface area contributed by atoms with Gasteiger partial charge in [0, 0.05) is 6.08 Å². The fraction of sp³-hybridized carbons (Fsp3) is 0.200. The van der Waals surface area contributed by atoms with Crippen LogP contribution >= 0.6 is 0 Å². The quantitative estimate of drug-likeness (QED) is 0.608. The lowest BCUT2D eigenvalue weighted by atomic mass is 10.2. The molecule has 0 fully saturated rings. The van der Waals surface area contributed by atoms with Gasteiger partial charge in [-0.2, -0.15) is 0 Å². The minimum absolute atomic E-state index is 0.0463. The van der Waals surface area contributed by atoms with Crippen LogP contribution in [0.2, 0.25) is 0 Å². The molecule has 7 nitrogen and oxygen atoms in total. The number of hydrogen-bond donors (Lipinski definition) is 2. The first-order chi connectivity index (χ1) is 13.5. The number of hydrogen-bond acceptors (Lipinski definition) is 5. The second-order valence-electron chi connectivity index (χ2n) is 5.91. The van der Waals surface area contributed by atoms with Crippen LogP contribution in [0.1, 0.15) is 12.5 Å². The Kier molecular flexibility index (Phi) is 6.11. The van der Waals surface area contributed by atoms with E-state index in [4.69, 9.17) is 14.2 Å². The van der Waals surface area contributed by atoms with E-state index in [0.29, 0.717) is 24.7 Å². The van der Waals surface area contributed by atoms with Crippen molar-refractivity contribution in [1.82, 2.24) is 10.9 Å². The van der Waals surface area contributed by atoms with E-state index in [9.17, 15) is 14.0 Å². The van der Waals surface area contributed by atoms with Crippen molar-refractivity contribution in [3.8, 4) is 17.2 Å². The molecule has 0 aromatic heterocycles. The smallest absolute Gasteiger partial charge is 0.279 e. The van der Waals surface area contributed by atoms with Gasteiger partial charge in [-0.1, -0.05) is 18.2 Å². The molecule has 1 heterocycles. The molecular formula is C20H19FN2O5. The normalized spacial score (nSPS) is 13.6. The van der Waals surface area contributed by atoms with Gasteiger partial charge in [0.05, 0.1) is 0 Å². The van der Waals surface area contributed by atoms with Crippen molar-refractivity contribution in [2.45, 2.75) is 13.0 Å². The van der Waals surface area contributed by atoms with E-state index in [-0.39, 0.29) is 5.75 Å². The number of fused-ring (bicyclic) bond motifs is 1. The molecule has 28 heavy (non-hydrogen) atoms. The Morgan fingerprint density at radius 1 is 1.11 bits per heavy atom. The summed E-state index contributed by atoms with van der Waals surface area (Å²) in [6.45, 7) is 2.42. The van der Waals surface area contributed by atoms with Gasteiger partial charge in [-0.25, -0.2) is 4.39 Å². The Bertz CT molecular complexity index is 900. The Balaban J connectivity index is 1.49. The lowest BCUT2D eigenvalue weighted by Crippen LogP contribution is -2.46. The molecule has 146 valence electrons. The average molecular weight is 386 g/mol. The average Bonchev–Trinajstić information content (AvgIpc) is 2.71. The van der Waals surface area contributed by atoms with Crippen molar-refractivity contribution in [2.24, 2.45) is 0 Å². The summed E-state index contributed by atoms with van der Waals surface area (Å²) in [6, 6.07) is 11.0. The van der Waals surface area contributed by atoms with Crippen LogP contribution in [0.5, 0.6) is 17.2 Å². The maximum absolute atomic E-state index is 13.5. The molecule has 0 radical (unpaired) electrons. The zero-order chi connectivity index (χ0) is 19.9. The second-order valence-corrected chi connectivity index (χ2v) is 5.91. The molecule has 0 saturated heterocycles. The highest BCUT2D eigenvalue weighted by molar-refractivity contribution is 5.93. The number of para-hydroxylation sites is 1. The summed E-state index contributed by atoms with van der Waals surface area (Å²) < 4.78 is 29.7. The highest BCUT2D eigenvalue weighted by Gasteiger charge is 2.16. The predicted octanol–water partition coefficient (Wildman–Crippen LogP) is 2.22. The van der Waals surface area contributed by atoms with Gasteiger partial charge in [0.25, 0.3) is 11.8 Å². The Morgan fingerprint density at radius 2 is 1.86 bits per heavy atom. The minimum atomic E-state index is -1.00.